The molecule has 0 aliphatic heterocycles. The molecule has 0 saturated carbocycles. The van der Waals surface area contributed by atoms with Gasteiger partial charge in [-0.3, -0.25) is 9.98 Å². The Morgan fingerprint density at radius 2 is 1.96 bits per heavy atom. The van der Waals surface area contributed by atoms with Gasteiger partial charge in [0.15, 0.2) is 5.96 Å². The number of hydrogen-bond donors (Lipinski definition) is 2. The van der Waals surface area contributed by atoms with Crippen LogP contribution >= 0.6 is 24.0 Å². The van der Waals surface area contributed by atoms with Crippen molar-refractivity contribution in [2.45, 2.75) is 26.7 Å². The molecule has 0 aliphatic carbocycles. The minimum Gasteiger partial charge on any atom is -0.357 e. The van der Waals surface area contributed by atoms with Crippen LogP contribution in [0.3, 0.4) is 0 Å². The fourth-order valence-electron chi connectivity index (χ4n) is 2.30. The summed E-state index contributed by atoms with van der Waals surface area (Å²) in [6.07, 6.45) is 3.52. The van der Waals surface area contributed by atoms with Gasteiger partial charge in [-0.2, -0.15) is 0 Å². The van der Waals surface area contributed by atoms with Gasteiger partial charge in [0.2, 0.25) is 0 Å². The quantitative estimate of drug-likeness (QED) is 0.381. The van der Waals surface area contributed by atoms with Crippen molar-refractivity contribution in [3.8, 4) is 0 Å². The highest BCUT2D eigenvalue weighted by Crippen LogP contribution is 2.04. The molecular formula is C19H26FIN4. The molecule has 6 heteroatoms. The van der Waals surface area contributed by atoms with Crippen molar-refractivity contribution in [1.82, 2.24) is 15.6 Å². The molecule has 1 aromatic heterocycles. The first-order valence-corrected chi connectivity index (χ1v) is 8.35. The summed E-state index contributed by atoms with van der Waals surface area (Å²) in [7, 11) is 0. The van der Waals surface area contributed by atoms with Crippen LogP contribution in [0.2, 0.25) is 0 Å². The second-order valence-electron chi connectivity index (χ2n) is 5.63. The predicted molar refractivity (Wildman–Crippen MR) is 112 cm³/mol. The van der Waals surface area contributed by atoms with Crippen LogP contribution in [0, 0.1) is 12.7 Å². The molecule has 0 saturated heterocycles. The molecule has 0 atom stereocenters. The van der Waals surface area contributed by atoms with Crippen LogP contribution in [0.15, 0.2) is 47.6 Å². The maximum absolute atomic E-state index is 13.2. The van der Waals surface area contributed by atoms with E-state index in [1.807, 2.05) is 32.2 Å². The predicted octanol–water partition coefficient (Wildman–Crippen LogP) is 3.49. The lowest BCUT2D eigenvalue weighted by Gasteiger charge is -2.11. The minimum atomic E-state index is -0.201. The van der Waals surface area contributed by atoms with Crippen LogP contribution in [0.4, 0.5) is 4.39 Å². The van der Waals surface area contributed by atoms with E-state index in [4.69, 9.17) is 0 Å². The van der Waals surface area contributed by atoms with Gasteiger partial charge < -0.3 is 10.6 Å². The van der Waals surface area contributed by atoms with E-state index in [1.165, 1.54) is 11.6 Å². The number of rotatable bonds is 7. The Labute approximate surface area is 166 Å². The average molecular weight is 456 g/mol. The van der Waals surface area contributed by atoms with Gasteiger partial charge in [0, 0.05) is 31.5 Å². The molecular weight excluding hydrogens is 430 g/mol. The number of guanidine groups is 1. The first kappa shape index (κ1) is 21.3. The largest absolute Gasteiger partial charge is 0.357 e. The molecule has 0 fully saturated rings. The lowest BCUT2D eigenvalue weighted by Crippen LogP contribution is -2.38. The van der Waals surface area contributed by atoms with Crippen molar-refractivity contribution in [2.24, 2.45) is 4.99 Å². The van der Waals surface area contributed by atoms with Crippen molar-refractivity contribution in [3.63, 3.8) is 0 Å². The smallest absolute Gasteiger partial charge is 0.191 e. The van der Waals surface area contributed by atoms with Gasteiger partial charge >= 0.3 is 0 Å². The number of nitrogens with one attached hydrogen (secondary N) is 2. The number of nitrogens with zero attached hydrogens (tertiary/aromatic N) is 2. The Balaban J connectivity index is 0.00000312. The minimum absolute atomic E-state index is 0. The van der Waals surface area contributed by atoms with Crippen LogP contribution in [0.25, 0.3) is 0 Å². The number of hydrogen-bond acceptors (Lipinski definition) is 2. The highest BCUT2D eigenvalue weighted by atomic mass is 127. The summed E-state index contributed by atoms with van der Waals surface area (Å²) in [5.41, 5.74) is 3.18. The van der Waals surface area contributed by atoms with Crippen LogP contribution in [0.5, 0.6) is 0 Å². The monoisotopic (exact) mass is 456 g/mol. The highest BCUT2D eigenvalue weighted by molar-refractivity contribution is 14.0. The summed E-state index contributed by atoms with van der Waals surface area (Å²) in [6, 6.07) is 10.8. The van der Waals surface area contributed by atoms with Gasteiger partial charge in [0.1, 0.15) is 5.82 Å². The molecule has 0 spiro atoms. The molecule has 2 rings (SSSR count). The lowest BCUT2D eigenvalue weighted by atomic mass is 10.1. The fraction of sp³-hybridized carbons (Fsp3) is 0.368. The van der Waals surface area contributed by atoms with Crippen molar-refractivity contribution >= 4 is 29.9 Å². The van der Waals surface area contributed by atoms with Crippen LogP contribution in [0.1, 0.15) is 23.7 Å². The first-order chi connectivity index (χ1) is 11.7. The van der Waals surface area contributed by atoms with Gasteiger partial charge in [0.05, 0.1) is 0 Å². The third-order valence-electron chi connectivity index (χ3n) is 3.58. The van der Waals surface area contributed by atoms with Crippen LogP contribution in [-0.4, -0.2) is 30.6 Å². The molecule has 1 heterocycles. The van der Waals surface area contributed by atoms with Crippen molar-refractivity contribution < 1.29 is 4.39 Å². The fourth-order valence-corrected chi connectivity index (χ4v) is 2.30. The Morgan fingerprint density at radius 1 is 1.12 bits per heavy atom. The van der Waals surface area contributed by atoms with Crippen LogP contribution in [-0.2, 0) is 12.8 Å². The van der Waals surface area contributed by atoms with Gasteiger partial charge in [-0.25, -0.2) is 4.39 Å². The maximum Gasteiger partial charge on any atom is 0.191 e. The molecule has 0 bridgehead atoms. The zero-order valence-electron chi connectivity index (χ0n) is 14.8. The number of benzene rings is 1. The Kier molecular flexibility index (Phi) is 10.1. The second-order valence-corrected chi connectivity index (χ2v) is 5.63. The van der Waals surface area contributed by atoms with Gasteiger partial charge in [0.25, 0.3) is 0 Å². The SMILES string of the molecule is CCNC(=NCCc1cccc(F)c1)NCCc1ccc(C)nc1.I. The van der Waals surface area contributed by atoms with E-state index in [-0.39, 0.29) is 29.8 Å². The van der Waals surface area contributed by atoms with Gasteiger partial charge in [-0.15, -0.1) is 24.0 Å². The Morgan fingerprint density at radius 3 is 2.64 bits per heavy atom. The summed E-state index contributed by atoms with van der Waals surface area (Å²) in [6.45, 7) is 6.23. The second kappa shape index (κ2) is 11.8. The van der Waals surface area contributed by atoms with E-state index < -0.39 is 0 Å². The molecule has 0 radical (unpaired) electrons. The summed E-state index contributed by atoms with van der Waals surface area (Å²) >= 11 is 0. The molecule has 0 aliphatic rings. The molecule has 0 amide bonds. The lowest BCUT2D eigenvalue weighted by molar-refractivity contribution is 0.625. The molecule has 25 heavy (non-hydrogen) atoms. The van der Waals surface area contributed by atoms with Gasteiger partial charge in [-0.1, -0.05) is 18.2 Å². The molecule has 2 aromatic rings. The number of halogens is 2. The Hall–Kier alpha value is -1.70. The van der Waals surface area contributed by atoms with Crippen molar-refractivity contribution in [3.05, 3.63) is 65.2 Å². The summed E-state index contributed by atoms with van der Waals surface area (Å²) < 4.78 is 13.2. The Bertz CT molecular complexity index is 659. The van der Waals surface area contributed by atoms with E-state index in [1.54, 1.807) is 12.1 Å². The normalized spacial score (nSPS) is 10.9. The standard InChI is InChI=1S/C19H25FN4.HI/c1-3-21-19(22-11-9-16-5-4-6-18(20)13-16)23-12-10-17-8-7-15(2)24-14-17;/h4-8,13-14H,3,9-12H2,1-2H3,(H2,21,22,23);1H. The van der Waals surface area contributed by atoms with Crippen LogP contribution < -0.4 is 10.6 Å². The number of pyridine rings is 1. The number of aromatic nitrogens is 1. The molecule has 2 N–H and O–H groups in total. The topological polar surface area (TPSA) is 49.3 Å². The first-order valence-electron chi connectivity index (χ1n) is 8.35. The van der Waals surface area contributed by atoms with E-state index in [9.17, 15) is 4.39 Å². The van der Waals surface area contributed by atoms with Gasteiger partial charge in [-0.05, 0) is 56.0 Å². The number of aliphatic imine (C=N–C) groups is 1. The van der Waals surface area contributed by atoms with Crippen molar-refractivity contribution in [2.75, 3.05) is 19.6 Å². The summed E-state index contributed by atoms with van der Waals surface area (Å²) in [4.78, 5) is 8.84. The third-order valence-corrected chi connectivity index (χ3v) is 3.58. The molecule has 0 unspecified atom stereocenters. The maximum atomic E-state index is 13.2. The highest BCUT2D eigenvalue weighted by Gasteiger charge is 1.99. The molecule has 136 valence electrons. The summed E-state index contributed by atoms with van der Waals surface area (Å²) in [5, 5.41) is 6.54. The third kappa shape index (κ3) is 8.29. The zero-order valence-corrected chi connectivity index (χ0v) is 17.1. The van der Waals surface area contributed by atoms with Crippen molar-refractivity contribution in [1.29, 1.82) is 0 Å². The molecule has 1 aromatic carbocycles. The van der Waals surface area contributed by atoms with E-state index in [0.29, 0.717) is 6.54 Å². The van der Waals surface area contributed by atoms with E-state index >= 15 is 0 Å². The van der Waals surface area contributed by atoms with E-state index in [0.717, 1.165) is 43.1 Å². The summed E-state index contributed by atoms with van der Waals surface area (Å²) in [5.74, 6) is 0.585. The number of aryl methyl sites for hydroxylation is 1. The molecule has 4 nitrogen and oxygen atoms in total. The average Bonchev–Trinajstić information content (AvgIpc) is 2.57. The van der Waals surface area contributed by atoms with E-state index in [2.05, 4.69) is 26.7 Å². The zero-order chi connectivity index (χ0) is 17.2.